The fourth-order valence-electron chi connectivity index (χ4n) is 2.87. The Morgan fingerprint density at radius 3 is 2.60 bits per heavy atom. The van der Waals surface area contributed by atoms with E-state index in [4.69, 9.17) is 0 Å². The maximum Gasteiger partial charge on any atom is 0.307 e. The van der Waals surface area contributed by atoms with E-state index in [0.717, 1.165) is 31.2 Å². The van der Waals surface area contributed by atoms with E-state index in [1.807, 2.05) is 0 Å². The van der Waals surface area contributed by atoms with Crippen molar-refractivity contribution in [3.05, 3.63) is 38.3 Å². The molecule has 1 N–H and O–H groups in total. The lowest BCUT2D eigenvalue weighted by molar-refractivity contribution is -0.384. The first-order valence-electron chi connectivity index (χ1n) is 6.64. The topological polar surface area (TPSA) is 80.4 Å². The second-order valence-electron chi connectivity index (χ2n) is 5.23. The first-order valence-corrected chi connectivity index (χ1v) is 7.44. The number of hydrogen-bond acceptors (Lipinski definition) is 3. The lowest BCUT2D eigenvalue weighted by Gasteiger charge is -2.19. The third kappa shape index (κ3) is 3.36. The minimum absolute atomic E-state index is 0.00775. The molecule has 1 aromatic rings. The SMILES string of the molecule is O=C(O)C(Cc1ccc([N+](=O)[O-])cc1Br)C1CCCC1. The van der Waals surface area contributed by atoms with Crippen molar-refractivity contribution in [2.45, 2.75) is 32.1 Å². The lowest BCUT2D eigenvalue weighted by Crippen LogP contribution is -2.24. The Kier molecular flexibility index (Phi) is 4.75. The molecule has 1 atom stereocenters. The quantitative estimate of drug-likeness (QED) is 0.652. The molecule has 20 heavy (non-hydrogen) atoms. The predicted octanol–water partition coefficient (Wildman–Crippen LogP) is 3.79. The number of rotatable bonds is 5. The fraction of sp³-hybridized carbons (Fsp3) is 0.500. The number of carbonyl (C=O) groups is 1. The van der Waals surface area contributed by atoms with Gasteiger partial charge in [0.25, 0.3) is 5.69 Å². The van der Waals surface area contributed by atoms with Crippen molar-refractivity contribution in [2.24, 2.45) is 11.8 Å². The molecular weight excluding hydrogens is 326 g/mol. The van der Waals surface area contributed by atoms with Crippen LogP contribution in [0, 0.1) is 22.0 Å². The largest absolute Gasteiger partial charge is 0.481 e. The Balaban J connectivity index is 2.18. The van der Waals surface area contributed by atoms with Gasteiger partial charge in [0.2, 0.25) is 0 Å². The summed E-state index contributed by atoms with van der Waals surface area (Å²) in [4.78, 5) is 21.7. The van der Waals surface area contributed by atoms with Crippen LogP contribution in [0.5, 0.6) is 0 Å². The summed E-state index contributed by atoms with van der Waals surface area (Å²) in [6, 6.07) is 4.50. The Hall–Kier alpha value is -1.43. The Morgan fingerprint density at radius 2 is 2.10 bits per heavy atom. The summed E-state index contributed by atoms with van der Waals surface area (Å²) < 4.78 is 0.607. The molecule has 0 saturated heterocycles. The maximum atomic E-state index is 11.5. The number of halogens is 1. The molecule has 0 heterocycles. The summed E-state index contributed by atoms with van der Waals surface area (Å²) in [5.74, 6) is -0.966. The summed E-state index contributed by atoms with van der Waals surface area (Å²) in [7, 11) is 0. The Morgan fingerprint density at radius 1 is 1.45 bits per heavy atom. The molecule has 0 aliphatic heterocycles. The van der Waals surface area contributed by atoms with E-state index < -0.39 is 16.8 Å². The number of nitrogens with zero attached hydrogens (tertiary/aromatic N) is 1. The van der Waals surface area contributed by atoms with E-state index in [1.54, 1.807) is 6.07 Å². The summed E-state index contributed by atoms with van der Waals surface area (Å²) >= 11 is 3.30. The van der Waals surface area contributed by atoms with Gasteiger partial charge in [-0.25, -0.2) is 0 Å². The van der Waals surface area contributed by atoms with Crippen LogP contribution in [0.15, 0.2) is 22.7 Å². The number of carboxylic acids is 1. The third-order valence-corrected chi connectivity index (χ3v) is 4.71. The van der Waals surface area contributed by atoms with E-state index in [1.165, 1.54) is 12.1 Å². The van der Waals surface area contributed by atoms with Crippen molar-refractivity contribution >= 4 is 27.6 Å². The standard InChI is InChI=1S/C14H16BrNO4/c15-13-8-11(16(19)20)6-5-10(13)7-12(14(17)18)9-3-1-2-4-9/h5-6,8-9,12H,1-4,7H2,(H,17,18). The van der Waals surface area contributed by atoms with Gasteiger partial charge in [0.1, 0.15) is 0 Å². The molecule has 0 amide bonds. The number of hydrogen-bond donors (Lipinski definition) is 1. The molecule has 0 radical (unpaired) electrons. The highest BCUT2D eigenvalue weighted by atomic mass is 79.9. The molecule has 108 valence electrons. The molecule has 0 aromatic heterocycles. The van der Waals surface area contributed by atoms with E-state index in [9.17, 15) is 20.0 Å². The summed E-state index contributed by atoms with van der Waals surface area (Å²) in [5.41, 5.74) is 0.822. The first-order chi connectivity index (χ1) is 9.49. The number of benzene rings is 1. The average Bonchev–Trinajstić information content (AvgIpc) is 2.90. The average molecular weight is 342 g/mol. The van der Waals surface area contributed by atoms with Crippen molar-refractivity contribution < 1.29 is 14.8 Å². The number of nitro benzene ring substituents is 1. The van der Waals surface area contributed by atoms with Crippen LogP contribution in [0.3, 0.4) is 0 Å². The molecule has 0 spiro atoms. The first kappa shape index (κ1) is 15.0. The Labute approximate surface area is 125 Å². The summed E-state index contributed by atoms with van der Waals surface area (Å²) in [5, 5.41) is 20.1. The zero-order valence-electron chi connectivity index (χ0n) is 10.9. The summed E-state index contributed by atoms with van der Waals surface area (Å²) in [6.07, 6.45) is 4.52. The van der Waals surface area contributed by atoms with Gasteiger partial charge < -0.3 is 5.11 Å². The van der Waals surface area contributed by atoms with Crippen LogP contribution in [0.4, 0.5) is 5.69 Å². The van der Waals surface area contributed by atoms with Crippen LogP contribution < -0.4 is 0 Å². The number of nitro groups is 1. The van der Waals surface area contributed by atoms with Crippen LogP contribution >= 0.6 is 15.9 Å². The molecule has 1 aliphatic rings. The van der Waals surface area contributed by atoms with Crippen molar-refractivity contribution in [3.63, 3.8) is 0 Å². The molecule has 6 heteroatoms. The van der Waals surface area contributed by atoms with Gasteiger partial charge in [-0.1, -0.05) is 34.8 Å². The smallest absolute Gasteiger partial charge is 0.307 e. The van der Waals surface area contributed by atoms with Gasteiger partial charge in [-0.2, -0.15) is 0 Å². The number of aliphatic carboxylic acids is 1. The number of carboxylic acid groups (broad SMARTS) is 1. The highest BCUT2D eigenvalue weighted by Gasteiger charge is 2.31. The Bertz CT molecular complexity index is 526. The molecule has 1 aromatic carbocycles. The predicted molar refractivity (Wildman–Crippen MR) is 77.6 cm³/mol. The highest BCUT2D eigenvalue weighted by Crippen LogP contribution is 2.35. The fourth-order valence-corrected chi connectivity index (χ4v) is 3.40. The van der Waals surface area contributed by atoms with Crippen LogP contribution in [0.25, 0.3) is 0 Å². The molecule has 1 aliphatic carbocycles. The van der Waals surface area contributed by atoms with Gasteiger partial charge in [-0.15, -0.1) is 0 Å². The normalized spacial score (nSPS) is 17.1. The monoisotopic (exact) mass is 341 g/mol. The molecule has 1 unspecified atom stereocenters. The zero-order valence-corrected chi connectivity index (χ0v) is 12.5. The molecule has 1 saturated carbocycles. The van der Waals surface area contributed by atoms with Gasteiger partial charge in [-0.3, -0.25) is 14.9 Å². The van der Waals surface area contributed by atoms with Gasteiger partial charge in [0, 0.05) is 16.6 Å². The zero-order chi connectivity index (χ0) is 14.7. The van der Waals surface area contributed by atoms with Crippen molar-refractivity contribution in [1.29, 1.82) is 0 Å². The molecule has 5 nitrogen and oxygen atoms in total. The summed E-state index contributed by atoms with van der Waals surface area (Å²) in [6.45, 7) is 0. The maximum absolute atomic E-state index is 11.5. The van der Waals surface area contributed by atoms with Crippen molar-refractivity contribution in [1.82, 2.24) is 0 Å². The number of non-ortho nitro benzene ring substituents is 1. The van der Waals surface area contributed by atoms with Crippen LogP contribution in [0.2, 0.25) is 0 Å². The van der Waals surface area contributed by atoms with E-state index in [0.29, 0.717) is 10.9 Å². The van der Waals surface area contributed by atoms with E-state index in [-0.39, 0.29) is 11.6 Å². The third-order valence-electron chi connectivity index (χ3n) is 3.97. The second kappa shape index (κ2) is 6.35. The molecular formula is C14H16BrNO4. The van der Waals surface area contributed by atoms with Gasteiger partial charge in [0.05, 0.1) is 10.8 Å². The van der Waals surface area contributed by atoms with Crippen LogP contribution in [0.1, 0.15) is 31.2 Å². The molecule has 0 bridgehead atoms. The van der Waals surface area contributed by atoms with Crippen LogP contribution in [-0.4, -0.2) is 16.0 Å². The van der Waals surface area contributed by atoms with Gasteiger partial charge in [-0.05, 0) is 30.7 Å². The van der Waals surface area contributed by atoms with E-state index >= 15 is 0 Å². The molecule has 2 rings (SSSR count). The van der Waals surface area contributed by atoms with Gasteiger partial charge in [0.15, 0.2) is 0 Å². The second-order valence-corrected chi connectivity index (χ2v) is 6.08. The van der Waals surface area contributed by atoms with Crippen molar-refractivity contribution in [2.75, 3.05) is 0 Å². The minimum Gasteiger partial charge on any atom is -0.481 e. The van der Waals surface area contributed by atoms with Crippen molar-refractivity contribution in [3.8, 4) is 0 Å². The highest BCUT2D eigenvalue weighted by molar-refractivity contribution is 9.10. The van der Waals surface area contributed by atoms with Gasteiger partial charge >= 0.3 is 5.97 Å². The van der Waals surface area contributed by atoms with E-state index in [2.05, 4.69) is 15.9 Å². The van der Waals surface area contributed by atoms with Crippen LogP contribution in [-0.2, 0) is 11.2 Å². The molecule has 1 fully saturated rings. The lowest BCUT2D eigenvalue weighted by atomic mass is 9.85. The minimum atomic E-state index is -0.776.